The Morgan fingerprint density at radius 1 is 1.00 bits per heavy atom. The number of para-hydroxylation sites is 1. The molecular formula is C19H24N2. The van der Waals surface area contributed by atoms with E-state index in [1.165, 1.54) is 16.8 Å². The molecule has 0 aromatic heterocycles. The molecule has 1 unspecified atom stereocenters. The van der Waals surface area contributed by atoms with Gasteiger partial charge in [-0.1, -0.05) is 62.4 Å². The first-order valence-corrected chi connectivity index (χ1v) is 7.89. The minimum absolute atomic E-state index is 0.559. The first-order valence-electron chi connectivity index (χ1n) is 7.89. The molecule has 1 heterocycles. The van der Waals surface area contributed by atoms with Crippen LogP contribution in [0, 0.1) is 5.92 Å². The molecule has 21 heavy (non-hydrogen) atoms. The summed E-state index contributed by atoms with van der Waals surface area (Å²) in [5.41, 5.74) is 4.00. The van der Waals surface area contributed by atoms with Gasteiger partial charge in [-0.2, -0.15) is 0 Å². The highest BCUT2D eigenvalue weighted by Gasteiger charge is 2.26. The van der Waals surface area contributed by atoms with Crippen LogP contribution in [-0.2, 0) is 0 Å². The Labute approximate surface area is 127 Å². The summed E-state index contributed by atoms with van der Waals surface area (Å²) >= 11 is 0. The number of anilines is 1. The highest BCUT2D eigenvalue weighted by Crippen LogP contribution is 2.33. The topological polar surface area (TPSA) is 15.3 Å². The maximum atomic E-state index is 3.53. The van der Waals surface area contributed by atoms with E-state index in [0.717, 1.165) is 19.6 Å². The van der Waals surface area contributed by atoms with Gasteiger partial charge in [0.25, 0.3) is 0 Å². The smallest absolute Gasteiger partial charge is 0.0449 e. The summed E-state index contributed by atoms with van der Waals surface area (Å²) in [6.45, 7) is 7.84. The first kappa shape index (κ1) is 14.2. The first-order chi connectivity index (χ1) is 10.3. The van der Waals surface area contributed by atoms with Crippen molar-refractivity contribution in [1.82, 2.24) is 5.32 Å². The quantitative estimate of drug-likeness (QED) is 0.920. The minimum atomic E-state index is 0.559. The molecular weight excluding hydrogens is 256 g/mol. The number of rotatable bonds is 3. The molecule has 1 N–H and O–H groups in total. The lowest BCUT2D eigenvalue weighted by Gasteiger charge is -2.41. The van der Waals surface area contributed by atoms with Crippen LogP contribution in [0.5, 0.6) is 0 Å². The predicted molar refractivity (Wildman–Crippen MR) is 90.7 cm³/mol. The van der Waals surface area contributed by atoms with Crippen molar-refractivity contribution >= 4 is 5.69 Å². The summed E-state index contributed by atoms with van der Waals surface area (Å²) < 4.78 is 0. The average Bonchev–Trinajstić information content (AvgIpc) is 2.55. The van der Waals surface area contributed by atoms with E-state index in [0.29, 0.717) is 12.0 Å². The molecule has 0 saturated carbocycles. The maximum absolute atomic E-state index is 3.53. The van der Waals surface area contributed by atoms with E-state index in [2.05, 4.69) is 78.7 Å². The third-order valence-corrected chi connectivity index (χ3v) is 4.35. The number of hydrogen-bond donors (Lipinski definition) is 1. The van der Waals surface area contributed by atoms with E-state index in [9.17, 15) is 0 Å². The van der Waals surface area contributed by atoms with Crippen molar-refractivity contribution in [3.63, 3.8) is 0 Å². The standard InChI is InChI=1S/C19H24N2/c1-15(2)19-14-20-12-13-21(19)18-11-7-6-10-17(18)16-8-4-3-5-9-16/h3-11,15,19-20H,12-14H2,1-2H3. The SMILES string of the molecule is CC(C)C1CNCCN1c1ccccc1-c1ccccc1. The fourth-order valence-electron chi connectivity index (χ4n) is 3.21. The monoisotopic (exact) mass is 280 g/mol. The van der Waals surface area contributed by atoms with Gasteiger partial charge in [-0.25, -0.2) is 0 Å². The lowest BCUT2D eigenvalue weighted by molar-refractivity contribution is 0.391. The van der Waals surface area contributed by atoms with Gasteiger partial charge in [0.05, 0.1) is 0 Å². The van der Waals surface area contributed by atoms with Crippen LogP contribution < -0.4 is 10.2 Å². The van der Waals surface area contributed by atoms with E-state index in [4.69, 9.17) is 0 Å². The summed E-state index contributed by atoms with van der Waals surface area (Å²) in [7, 11) is 0. The number of piperazine rings is 1. The molecule has 0 radical (unpaired) electrons. The minimum Gasteiger partial charge on any atom is -0.365 e. The zero-order valence-electron chi connectivity index (χ0n) is 12.9. The Kier molecular flexibility index (Phi) is 4.26. The number of nitrogens with zero attached hydrogens (tertiary/aromatic N) is 1. The molecule has 1 aliphatic rings. The van der Waals surface area contributed by atoms with Crippen molar-refractivity contribution < 1.29 is 0 Å². The molecule has 2 nitrogen and oxygen atoms in total. The molecule has 1 atom stereocenters. The van der Waals surface area contributed by atoms with Crippen molar-refractivity contribution in [2.45, 2.75) is 19.9 Å². The van der Waals surface area contributed by atoms with Crippen molar-refractivity contribution in [2.24, 2.45) is 5.92 Å². The number of nitrogens with one attached hydrogen (secondary N) is 1. The predicted octanol–water partition coefficient (Wildman–Crippen LogP) is 3.79. The number of hydrogen-bond acceptors (Lipinski definition) is 2. The Morgan fingerprint density at radius 3 is 2.48 bits per heavy atom. The van der Waals surface area contributed by atoms with E-state index < -0.39 is 0 Å². The molecule has 0 bridgehead atoms. The van der Waals surface area contributed by atoms with Crippen LogP contribution in [0.4, 0.5) is 5.69 Å². The van der Waals surface area contributed by atoms with Crippen LogP contribution in [0.2, 0.25) is 0 Å². The summed E-state index contributed by atoms with van der Waals surface area (Å²) in [5.74, 6) is 0.640. The van der Waals surface area contributed by atoms with E-state index in [-0.39, 0.29) is 0 Å². The van der Waals surface area contributed by atoms with Gasteiger partial charge in [-0.05, 0) is 17.5 Å². The molecule has 2 aromatic rings. The van der Waals surface area contributed by atoms with Gasteiger partial charge >= 0.3 is 0 Å². The Bertz CT molecular complexity index is 577. The van der Waals surface area contributed by atoms with E-state index >= 15 is 0 Å². The fraction of sp³-hybridized carbons (Fsp3) is 0.368. The maximum Gasteiger partial charge on any atom is 0.0449 e. The summed E-state index contributed by atoms with van der Waals surface area (Å²) in [5, 5.41) is 3.53. The second-order valence-corrected chi connectivity index (χ2v) is 6.09. The zero-order valence-corrected chi connectivity index (χ0v) is 12.9. The lowest BCUT2D eigenvalue weighted by atomic mass is 9.96. The van der Waals surface area contributed by atoms with Crippen LogP contribution in [0.15, 0.2) is 54.6 Å². The Hall–Kier alpha value is -1.80. The van der Waals surface area contributed by atoms with Crippen LogP contribution in [0.25, 0.3) is 11.1 Å². The third-order valence-electron chi connectivity index (χ3n) is 4.35. The molecule has 3 rings (SSSR count). The normalized spacial score (nSPS) is 19.0. The molecule has 1 saturated heterocycles. The van der Waals surface area contributed by atoms with E-state index in [1.807, 2.05) is 0 Å². The molecule has 2 heteroatoms. The van der Waals surface area contributed by atoms with Crippen LogP contribution in [-0.4, -0.2) is 25.7 Å². The molecule has 1 fully saturated rings. The molecule has 1 aliphatic heterocycles. The highest BCUT2D eigenvalue weighted by molar-refractivity contribution is 5.79. The van der Waals surface area contributed by atoms with Crippen LogP contribution in [0.3, 0.4) is 0 Å². The van der Waals surface area contributed by atoms with Crippen molar-refractivity contribution in [1.29, 1.82) is 0 Å². The highest BCUT2D eigenvalue weighted by atomic mass is 15.2. The molecule has 2 aromatic carbocycles. The van der Waals surface area contributed by atoms with Gasteiger partial charge in [0.1, 0.15) is 0 Å². The summed E-state index contributed by atoms with van der Waals surface area (Å²) in [6, 6.07) is 20.1. The molecule has 0 spiro atoms. The van der Waals surface area contributed by atoms with Gasteiger partial charge < -0.3 is 10.2 Å². The molecule has 110 valence electrons. The van der Waals surface area contributed by atoms with Gasteiger partial charge in [-0.3, -0.25) is 0 Å². The van der Waals surface area contributed by atoms with E-state index in [1.54, 1.807) is 0 Å². The van der Waals surface area contributed by atoms with Crippen molar-refractivity contribution in [2.75, 3.05) is 24.5 Å². The second-order valence-electron chi connectivity index (χ2n) is 6.09. The van der Waals surface area contributed by atoms with Gasteiger partial charge in [0.2, 0.25) is 0 Å². The van der Waals surface area contributed by atoms with Crippen LogP contribution in [0.1, 0.15) is 13.8 Å². The van der Waals surface area contributed by atoms with Crippen LogP contribution >= 0.6 is 0 Å². The molecule has 0 aliphatic carbocycles. The molecule has 0 amide bonds. The Morgan fingerprint density at radius 2 is 1.71 bits per heavy atom. The van der Waals surface area contributed by atoms with Crippen molar-refractivity contribution in [3.05, 3.63) is 54.6 Å². The number of benzene rings is 2. The Balaban J connectivity index is 2.02. The summed E-state index contributed by atoms with van der Waals surface area (Å²) in [4.78, 5) is 2.59. The largest absolute Gasteiger partial charge is 0.365 e. The average molecular weight is 280 g/mol. The lowest BCUT2D eigenvalue weighted by Crippen LogP contribution is -2.53. The van der Waals surface area contributed by atoms with Gasteiger partial charge in [0, 0.05) is 36.9 Å². The zero-order chi connectivity index (χ0) is 14.7. The van der Waals surface area contributed by atoms with Gasteiger partial charge in [0.15, 0.2) is 0 Å². The fourth-order valence-corrected chi connectivity index (χ4v) is 3.21. The second kappa shape index (κ2) is 6.31. The van der Waals surface area contributed by atoms with Gasteiger partial charge in [-0.15, -0.1) is 0 Å². The third kappa shape index (κ3) is 2.96. The summed E-state index contributed by atoms with van der Waals surface area (Å²) in [6.07, 6.45) is 0. The van der Waals surface area contributed by atoms with Crippen molar-refractivity contribution in [3.8, 4) is 11.1 Å².